The van der Waals surface area contributed by atoms with Crippen LogP contribution in [-0.2, 0) is 4.79 Å². The number of aromatic nitrogens is 2. The number of carbonyl (C=O) groups is 1. The van der Waals surface area contributed by atoms with Crippen molar-refractivity contribution in [1.82, 2.24) is 14.9 Å². The van der Waals surface area contributed by atoms with Gasteiger partial charge in [0.1, 0.15) is 5.75 Å². The molecule has 146 valence electrons. The number of nitrogens with zero attached hydrogens (tertiary/aromatic N) is 2. The Morgan fingerprint density at radius 2 is 1.93 bits per heavy atom. The Kier molecular flexibility index (Phi) is 6.36. The number of para-hydroxylation sites is 1. The Labute approximate surface area is 167 Å². The molecule has 3 aromatic rings. The van der Waals surface area contributed by atoms with Gasteiger partial charge in [-0.2, -0.15) is 0 Å². The molecular formula is C21H23N3O3S. The van der Waals surface area contributed by atoms with Crippen LogP contribution in [0.1, 0.15) is 20.3 Å². The quantitative estimate of drug-likeness (QED) is 0.489. The number of thioether (sulfide) groups is 1. The van der Waals surface area contributed by atoms with E-state index in [0.29, 0.717) is 27.5 Å². The molecule has 0 aliphatic heterocycles. The van der Waals surface area contributed by atoms with E-state index >= 15 is 0 Å². The van der Waals surface area contributed by atoms with E-state index in [-0.39, 0.29) is 23.3 Å². The molecule has 3 rings (SSSR count). The highest BCUT2D eigenvalue weighted by Gasteiger charge is 2.15. The monoisotopic (exact) mass is 397 g/mol. The molecule has 0 fully saturated rings. The number of carbonyl (C=O) groups excluding carboxylic acids is 1. The van der Waals surface area contributed by atoms with Crippen molar-refractivity contribution in [3.05, 3.63) is 58.9 Å². The summed E-state index contributed by atoms with van der Waals surface area (Å²) >= 11 is 1.25. The molecule has 6 nitrogen and oxygen atoms in total. The molecule has 0 radical (unpaired) electrons. The topological polar surface area (TPSA) is 73.2 Å². The molecule has 0 unspecified atom stereocenters. The maximum atomic E-state index is 13.2. The summed E-state index contributed by atoms with van der Waals surface area (Å²) in [6, 6.07) is 14.5. The van der Waals surface area contributed by atoms with Crippen molar-refractivity contribution in [2.75, 3.05) is 12.9 Å². The largest absolute Gasteiger partial charge is 0.497 e. The fourth-order valence-electron chi connectivity index (χ4n) is 2.72. The van der Waals surface area contributed by atoms with Gasteiger partial charge in [-0.15, -0.1) is 0 Å². The second-order valence-electron chi connectivity index (χ2n) is 6.42. The van der Waals surface area contributed by atoms with Gasteiger partial charge < -0.3 is 10.1 Å². The van der Waals surface area contributed by atoms with Crippen molar-refractivity contribution >= 4 is 28.6 Å². The lowest BCUT2D eigenvalue weighted by Gasteiger charge is -2.14. The second-order valence-corrected chi connectivity index (χ2v) is 7.36. The molecule has 2 aromatic carbocycles. The molecule has 1 aromatic heterocycles. The van der Waals surface area contributed by atoms with E-state index in [1.807, 2.05) is 26.0 Å². The SMILES string of the molecule is CC[C@H](C)NC(=O)CSc1nc2ccccc2c(=O)n1-c1ccc(OC)cc1. The van der Waals surface area contributed by atoms with E-state index in [1.165, 1.54) is 11.8 Å². The van der Waals surface area contributed by atoms with E-state index in [4.69, 9.17) is 4.74 Å². The zero-order valence-corrected chi connectivity index (χ0v) is 17.0. The molecule has 0 saturated heterocycles. The van der Waals surface area contributed by atoms with E-state index in [2.05, 4.69) is 10.3 Å². The molecule has 0 aliphatic carbocycles. The number of fused-ring (bicyclic) bond motifs is 1. The Morgan fingerprint density at radius 1 is 1.21 bits per heavy atom. The van der Waals surface area contributed by atoms with Crippen LogP contribution in [-0.4, -0.2) is 34.4 Å². The molecule has 0 saturated carbocycles. The smallest absolute Gasteiger partial charge is 0.266 e. The molecule has 7 heteroatoms. The maximum Gasteiger partial charge on any atom is 0.266 e. The number of rotatable bonds is 7. The first kappa shape index (κ1) is 19.9. The van der Waals surface area contributed by atoms with E-state index in [1.54, 1.807) is 48.1 Å². The Morgan fingerprint density at radius 3 is 2.61 bits per heavy atom. The fraction of sp³-hybridized carbons (Fsp3) is 0.286. The number of hydrogen-bond donors (Lipinski definition) is 1. The summed E-state index contributed by atoms with van der Waals surface area (Å²) in [6.45, 7) is 3.98. The lowest BCUT2D eigenvalue weighted by Crippen LogP contribution is -2.33. The van der Waals surface area contributed by atoms with Crippen LogP contribution in [0.3, 0.4) is 0 Å². The van der Waals surface area contributed by atoms with Crippen LogP contribution in [0.5, 0.6) is 5.75 Å². The number of benzene rings is 2. The van der Waals surface area contributed by atoms with Gasteiger partial charge in [0.05, 0.1) is 29.5 Å². The first-order valence-electron chi connectivity index (χ1n) is 9.12. The first-order valence-corrected chi connectivity index (χ1v) is 10.1. The van der Waals surface area contributed by atoms with Crippen LogP contribution in [0, 0.1) is 0 Å². The van der Waals surface area contributed by atoms with Crippen LogP contribution in [0.2, 0.25) is 0 Å². The summed E-state index contributed by atoms with van der Waals surface area (Å²) < 4.78 is 6.75. The third-order valence-electron chi connectivity index (χ3n) is 4.43. The van der Waals surface area contributed by atoms with Gasteiger partial charge >= 0.3 is 0 Å². The standard InChI is InChI=1S/C21H23N3O3S/c1-4-14(2)22-19(25)13-28-21-23-18-8-6-5-7-17(18)20(26)24(21)15-9-11-16(27-3)12-10-15/h5-12,14H,4,13H2,1-3H3,(H,22,25)/t14-/m0/s1. The molecule has 0 bridgehead atoms. The number of hydrogen-bond acceptors (Lipinski definition) is 5. The molecule has 0 aliphatic rings. The predicted octanol–water partition coefficient (Wildman–Crippen LogP) is 3.40. The van der Waals surface area contributed by atoms with Gasteiger partial charge in [-0.1, -0.05) is 30.8 Å². The van der Waals surface area contributed by atoms with E-state index in [9.17, 15) is 9.59 Å². The average Bonchev–Trinajstić information content (AvgIpc) is 2.72. The number of methoxy groups -OCH3 is 1. The lowest BCUT2D eigenvalue weighted by molar-refractivity contribution is -0.119. The fourth-order valence-corrected chi connectivity index (χ4v) is 3.54. The Hall–Kier alpha value is -2.80. The molecular weight excluding hydrogens is 374 g/mol. The first-order chi connectivity index (χ1) is 13.5. The van der Waals surface area contributed by atoms with Gasteiger partial charge in [0.15, 0.2) is 5.16 Å². The minimum absolute atomic E-state index is 0.0805. The maximum absolute atomic E-state index is 13.2. The highest BCUT2D eigenvalue weighted by Crippen LogP contribution is 2.22. The lowest BCUT2D eigenvalue weighted by atomic mass is 10.2. The van der Waals surface area contributed by atoms with Gasteiger partial charge in [-0.3, -0.25) is 14.2 Å². The molecule has 1 heterocycles. The van der Waals surface area contributed by atoms with Gasteiger partial charge in [0, 0.05) is 6.04 Å². The normalized spacial score (nSPS) is 12.0. The minimum Gasteiger partial charge on any atom is -0.497 e. The van der Waals surface area contributed by atoms with Crippen molar-refractivity contribution in [3.63, 3.8) is 0 Å². The summed E-state index contributed by atoms with van der Waals surface area (Å²) in [5, 5.41) is 3.95. The summed E-state index contributed by atoms with van der Waals surface area (Å²) in [7, 11) is 1.59. The van der Waals surface area contributed by atoms with Crippen molar-refractivity contribution < 1.29 is 9.53 Å². The van der Waals surface area contributed by atoms with E-state index in [0.717, 1.165) is 6.42 Å². The summed E-state index contributed by atoms with van der Waals surface area (Å²) in [6.07, 6.45) is 0.862. The number of nitrogens with one attached hydrogen (secondary N) is 1. The highest BCUT2D eigenvalue weighted by molar-refractivity contribution is 7.99. The highest BCUT2D eigenvalue weighted by atomic mass is 32.2. The van der Waals surface area contributed by atoms with Crippen molar-refractivity contribution in [2.24, 2.45) is 0 Å². The van der Waals surface area contributed by atoms with Crippen LogP contribution >= 0.6 is 11.8 Å². The van der Waals surface area contributed by atoms with Crippen molar-refractivity contribution in [1.29, 1.82) is 0 Å². The van der Waals surface area contributed by atoms with E-state index < -0.39 is 0 Å². The van der Waals surface area contributed by atoms with Crippen LogP contribution in [0.25, 0.3) is 16.6 Å². The molecule has 1 N–H and O–H groups in total. The van der Waals surface area contributed by atoms with Gasteiger partial charge in [-0.25, -0.2) is 4.98 Å². The molecule has 1 amide bonds. The number of amides is 1. The zero-order chi connectivity index (χ0) is 20.1. The average molecular weight is 398 g/mol. The molecule has 1 atom stereocenters. The second kappa shape index (κ2) is 8.93. The summed E-state index contributed by atoms with van der Waals surface area (Å²) in [5.41, 5.74) is 1.12. The van der Waals surface area contributed by atoms with Crippen LogP contribution < -0.4 is 15.6 Å². The van der Waals surface area contributed by atoms with Crippen molar-refractivity contribution in [2.45, 2.75) is 31.5 Å². The Balaban J connectivity index is 2.01. The van der Waals surface area contributed by atoms with Crippen LogP contribution in [0.4, 0.5) is 0 Å². The van der Waals surface area contributed by atoms with Crippen molar-refractivity contribution in [3.8, 4) is 11.4 Å². The minimum atomic E-state index is -0.166. The molecule has 0 spiro atoms. The Bertz CT molecular complexity index is 1030. The third kappa shape index (κ3) is 4.36. The zero-order valence-electron chi connectivity index (χ0n) is 16.1. The molecule has 28 heavy (non-hydrogen) atoms. The van der Waals surface area contributed by atoms with Gasteiger partial charge in [0.2, 0.25) is 5.91 Å². The summed E-state index contributed by atoms with van der Waals surface area (Å²) in [5.74, 6) is 0.807. The summed E-state index contributed by atoms with van der Waals surface area (Å²) in [4.78, 5) is 30.0. The van der Waals surface area contributed by atoms with Gasteiger partial charge in [0.25, 0.3) is 5.56 Å². The predicted molar refractivity (Wildman–Crippen MR) is 113 cm³/mol. The number of ether oxygens (including phenoxy) is 1. The van der Waals surface area contributed by atoms with Gasteiger partial charge in [-0.05, 0) is 49.7 Å². The van der Waals surface area contributed by atoms with Crippen LogP contribution in [0.15, 0.2) is 58.5 Å². The third-order valence-corrected chi connectivity index (χ3v) is 5.37.